The van der Waals surface area contributed by atoms with Gasteiger partial charge >= 0.3 is 11.9 Å². The molecule has 3 fully saturated rings. The molecule has 3 saturated heterocycles. The molecule has 0 radical (unpaired) electrons. The van der Waals surface area contributed by atoms with Crippen LogP contribution in [-0.4, -0.2) is 56.8 Å². The van der Waals surface area contributed by atoms with E-state index in [0.717, 1.165) is 31.5 Å². The van der Waals surface area contributed by atoms with E-state index in [9.17, 15) is 19.2 Å². The number of ether oxygens (including phenoxy) is 4. The molecule has 1 aromatic heterocycles. The second-order valence-corrected chi connectivity index (χ2v) is 13.8. The highest BCUT2D eigenvalue weighted by molar-refractivity contribution is 6.35. The van der Waals surface area contributed by atoms with E-state index < -0.39 is 29.9 Å². The lowest BCUT2D eigenvalue weighted by Crippen LogP contribution is -2.52. The largest absolute Gasteiger partial charge is 0.619 e. The van der Waals surface area contributed by atoms with Crippen molar-refractivity contribution >= 4 is 35.1 Å². The molecule has 3 aliphatic heterocycles. The van der Waals surface area contributed by atoms with Crippen LogP contribution in [0.25, 0.3) is 0 Å². The Morgan fingerprint density at radius 1 is 0.962 bits per heavy atom. The summed E-state index contributed by atoms with van der Waals surface area (Å²) in [6.45, 7) is 2.98. The van der Waals surface area contributed by atoms with Crippen LogP contribution >= 0.6 is 23.2 Å². The fourth-order valence-corrected chi connectivity index (χ4v) is 7.44. The van der Waals surface area contributed by atoms with Crippen molar-refractivity contribution in [2.75, 3.05) is 33.9 Å². The third-order valence-corrected chi connectivity index (χ3v) is 10.3. The number of hydrogen-bond donors (Lipinski definition) is 1. The van der Waals surface area contributed by atoms with Crippen LogP contribution in [0, 0.1) is 16.9 Å². The number of rotatable bonds is 14. The molecule has 4 aromatic rings. The topological polar surface area (TPSA) is 113 Å². The molecule has 3 aliphatic rings. The van der Waals surface area contributed by atoms with Crippen molar-refractivity contribution in [1.82, 2.24) is 10.2 Å². The second-order valence-electron chi connectivity index (χ2n) is 13.0. The van der Waals surface area contributed by atoms with Crippen LogP contribution in [0.3, 0.4) is 0 Å². The second kappa shape index (κ2) is 16.9. The molecule has 2 bridgehead atoms. The maximum absolute atomic E-state index is 14.9. The number of pyridine rings is 1. The first-order valence-corrected chi connectivity index (χ1v) is 17.8. The first kappa shape index (κ1) is 37.3. The van der Waals surface area contributed by atoms with Crippen molar-refractivity contribution in [3.05, 3.63) is 128 Å². The van der Waals surface area contributed by atoms with Crippen LogP contribution < -0.4 is 19.5 Å². The van der Waals surface area contributed by atoms with E-state index in [0.29, 0.717) is 45.4 Å². The fourth-order valence-electron chi connectivity index (χ4n) is 6.84. The number of carbonyl (C=O) groups is 2. The van der Waals surface area contributed by atoms with Crippen molar-refractivity contribution < 1.29 is 37.7 Å². The zero-order chi connectivity index (χ0) is 36.8. The van der Waals surface area contributed by atoms with Crippen LogP contribution in [0.4, 0.5) is 4.39 Å². The standard InChI is InChI=1S/C39H40Cl2FN3O7/c1-49-33-12-11-27(18-35(33)50-2)34(19-29-30(40)21-45(48)22-31(29)41)51-37(46)17-24-7-9-25(10-8-24)20-43-38(28-5-3-4-6-32(28)42)39(47)52-36-23-44-15-13-26(36)14-16-44/h3-12,18,21-22,26,34,36,38,43H,13-17,19-20,23H2,1-2H3/t34-,36-,38?/m0/s1. The number of fused-ring (bicyclic) bond motifs is 3. The minimum Gasteiger partial charge on any atom is -0.619 e. The lowest BCUT2D eigenvalue weighted by molar-refractivity contribution is -0.605. The molecular weight excluding hydrogens is 712 g/mol. The summed E-state index contributed by atoms with van der Waals surface area (Å²) < 4.78 is 38.3. The highest BCUT2D eigenvalue weighted by Crippen LogP contribution is 2.36. The fraction of sp³-hybridized carbons (Fsp3) is 0.359. The summed E-state index contributed by atoms with van der Waals surface area (Å²) in [6, 6.07) is 17.6. The van der Waals surface area contributed by atoms with Crippen LogP contribution in [0.1, 0.15) is 52.8 Å². The number of nitrogens with zero attached hydrogens (tertiary/aromatic N) is 2. The molecule has 13 heteroatoms. The Labute approximate surface area is 311 Å². The lowest BCUT2D eigenvalue weighted by atomic mass is 9.86. The first-order chi connectivity index (χ1) is 25.1. The lowest BCUT2D eigenvalue weighted by Gasteiger charge is -2.44. The number of benzene rings is 3. The van der Waals surface area contributed by atoms with E-state index in [1.54, 1.807) is 48.5 Å². The Balaban J connectivity index is 1.13. The molecule has 0 saturated carbocycles. The molecule has 3 atom stereocenters. The van der Waals surface area contributed by atoms with Crippen molar-refractivity contribution in [3.8, 4) is 11.5 Å². The van der Waals surface area contributed by atoms with Gasteiger partial charge in [-0.05, 0) is 66.7 Å². The Morgan fingerprint density at radius 3 is 2.27 bits per heavy atom. The van der Waals surface area contributed by atoms with Gasteiger partial charge in [0.25, 0.3) is 0 Å². The van der Waals surface area contributed by atoms with E-state index in [2.05, 4.69) is 10.2 Å². The van der Waals surface area contributed by atoms with Gasteiger partial charge in [-0.2, -0.15) is 4.73 Å². The molecule has 0 spiro atoms. The zero-order valence-corrected chi connectivity index (χ0v) is 30.4. The molecule has 52 heavy (non-hydrogen) atoms. The average Bonchev–Trinajstić information content (AvgIpc) is 3.14. The number of hydrogen-bond acceptors (Lipinski definition) is 9. The highest BCUT2D eigenvalue weighted by Gasteiger charge is 2.38. The van der Waals surface area contributed by atoms with Gasteiger partial charge in [-0.1, -0.05) is 71.7 Å². The minimum absolute atomic E-state index is 0.0436. The smallest absolute Gasteiger partial charge is 0.328 e. The maximum atomic E-state index is 14.9. The minimum atomic E-state index is -0.995. The summed E-state index contributed by atoms with van der Waals surface area (Å²) in [5.41, 5.74) is 2.79. The molecule has 1 N–H and O–H groups in total. The summed E-state index contributed by atoms with van der Waals surface area (Å²) in [5.74, 6) is -0.237. The number of methoxy groups -OCH3 is 2. The van der Waals surface area contributed by atoms with Crippen molar-refractivity contribution in [2.45, 2.75) is 50.5 Å². The van der Waals surface area contributed by atoms with Gasteiger partial charge in [-0.3, -0.25) is 15.0 Å². The summed E-state index contributed by atoms with van der Waals surface area (Å²) in [7, 11) is 3.03. The molecule has 3 aromatic carbocycles. The highest BCUT2D eigenvalue weighted by atomic mass is 35.5. The van der Waals surface area contributed by atoms with Gasteiger partial charge in [-0.25, -0.2) is 9.18 Å². The Morgan fingerprint density at radius 2 is 1.63 bits per heavy atom. The third kappa shape index (κ3) is 8.95. The molecule has 0 aliphatic carbocycles. The Hall–Kier alpha value is -4.42. The van der Waals surface area contributed by atoms with E-state index >= 15 is 0 Å². The molecular formula is C39H40Cl2FN3O7. The van der Waals surface area contributed by atoms with E-state index in [4.69, 9.17) is 42.1 Å². The molecule has 274 valence electrons. The van der Waals surface area contributed by atoms with Crippen molar-refractivity contribution in [2.24, 2.45) is 5.92 Å². The van der Waals surface area contributed by atoms with Crippen molar-refractivity contribution in [3.63, 3.8) is 0 Å². The van der Waals surface area contributed by atoms with Gasteiger partial charge in [0.05, 0.1) is 20.6 Å². The predicted octanol–water partition coefficient (Wildman–Crippen LogP) is 6.32. The number of carbonyl (C=O) groups excluding carboxylic acids is 2. The van der Waals surface area contributed by atoms with Crippen LogP contribution in [0.15, 0.2) is 79.1 Å². The van der Waals surface area contributed by atoms with E-state index in [1.807, 2.05) is 12.1 Å². The number of esters is 2. The molecule has 7 rings (SSSR count). The zero-order valence-electron chi connectivity index (χ0n) is 28.9. The Bertz CT molecular complexity index is 1870. The summed E-state index contributed by atoms with van der Waals surface area (Å²) in [5, 5.41) is 15.3. The number of nitrogens with one attached hydrogen (secondary N) is 1. The van der Waals surface area contributed by atoms with Gasteiger partial charge in [0.15, 0.2) is 23.9 Å². The van der Waals surface area contributed by atoms with Gasteiger partial charge in [0.1, 0.15) is 34.1 Å². The first-order valence-electron chi connectivity index (χ1n) is 17.1. The quantitative estimate of drug-likeness (QED) is 0.0899. The van der Waals surface area contributed by atoms with Crippen LogP contribution in [0.2, 0.25) is 10.0 Å². The average molecular weight is 753 g/mol. The number of piperidine rings is 3. The SMILES string of the molecule is COc1ccc([C@H](Cc2c(Cl)c[n+]([O-])cc2Cl)OC(=O)Cc2ccc(CNC(C(=O)O[C@H]3CN4CCC3CC4)c3ccccc3F)cc2)cc1OC. The molecule has 1 unspecified atom stereocenters. The molecule has 4 heterocycles. The third-order valence-electron chi connectivity index (χ3n) is 9.70. The summed E-state index contributed by atoms with van der Waals surface area (Å²) in [4.78, 5) is 29.2. The maximum Gasteiger partial charge on any atom is 0.328 e. The van der Waals surface area contributed by atoms with E-state index in [1.165, 1.54) is 32.7 Å². The van der Waals surface area contributed by atoms with Crippen molar-refractivity contribution in [1.29, 1.82) is 0 Å². The van der Waals surface area contributed by atoms with Gasteiger partial charge in [0, 0.05) is 30.6 Å². The van der Waals surface area contributed by atoms with Gasteiger partial charge in [-0.15, -0.1) is 0 Å². The van der Waals surface area contributed by atoms with Gasteiger partial charge in [0.2, 0.25) is 0 Å². The van der Waals surface area contributed by atoms with Gasteiger partial charge < -0.3 is 24.2 Å². The normalized spacial score (nSPS) is 19.1. The molecule has 10 nitrogen and oxygen atoms in total. The Kier molecular flexibility index (Phi) is 12.2. The predicted molar refractivity (Wildman–Crippen MR) is 193 cm³/mol. The van der Waals surface area contributed by atoms with Crippen LogP contribution in [-0.2, 0) is 38.4 Å². The summed E-state index contributed by atoms with van der Waals surface area (Å²) in [6.07, 6.45) is 3.37. The number of halogens is 3. The summed E-state index contributed by atoms with van der Waals surface area (Å²) >= 11 is 12.7. The molecule has 0 amide bonds. The monoisotopic (exact) mass is 751 g/mol. The number of aromatic nitrogens is 1. The van der Waals surface area contributed by atoms with Crippen LogP contribution in [0.5, 0.6) is 11.5 Å². The van der Waals surface area contributed by atoms with E-state index in [-0.39, 0.29) is 41.1 Å².